The molecular formula is C25H31N5O2S. The van der Waals surface area contributed by atoms with E-state index in [0.29, 0.717) is 16.5 Å². The third-order valence-corrected chi connectivity index (χ3v) is 9.32. The lowest BCUT2D eigenvalue weighted by atomic mass is 9.87. The fraction of sp³-hybridized carbons (Fsp3) is 0.440. The highest BCUT2D eigenvalue weighted by atomic mass is 32.2. The third kappa shape index (κ3) is 4.06. The summed E-state index contributed by atoms with van der Waals surface area (Å²) in [5, 5.41) is 14.0. The van der Waals surface area contributed by atoms with Crippen LogP contribution in [-0.2, 0) is 16.8 Å². The number of aromatic nitrogens is 2. The van der Waals surface area contributed by atoms with E-state index in [4.69, 9.17) is 4.78 Å². The van der Waals surface area contributed by atoms with E-state index >= 15 is 0 Å². The van der Waals surface area contributed by atoms with Crippen LogP contribution in [0.1, 0.15) is 46.5 Å². The van der Waals surface area contributed by atoms with E-state index in [0.717, 1.165) is 41.0 Å². The van der Waals surface area contributed by atoms with Gasteiger partial charge in [-0.25, -0.2) is 8.99 Å². The smallest absolute Gasteiger partial charge is 0.274 e. The summed E-state index contributed by atoms with van der Waals surface area (Å²) >= 11 is 0. The highest BCUT2D eigenvalue weighted by molar-refractivity contribution is 7.94. The number of benzene rings is 1. The molecule has 4 rings (SSSR count). The minimum absolute atomic E-state index is 0.124. The van der Waals surface area contributed by atoms with Crippen molar-refractivity contribution in [1.29, 1.82) is 10.0 Å². The fourth-order valence-electron chi connectivity index (χ4n) is 4.52. The van der Waals surface area contributed by atoms with Crippen LogP contribution in [-0.4, -0.2) is 24.5 Å². The van der Waals surface area contributed by atoms with E-state index in [-0.39, 0.29) is 5.56 Å². The first-order valence-electron chi connectivity index (χ1n) is 11.3. The van der Waals surface area contributed by atoms with Crippen molar-refractivity contribution in [2.45, 2.75) is 62.1 Å². The second-order valence-electron chi connectivity index (χ2n) is 9.71. The molecular weight excluding hydrogens is 434 g/mol. The number of hydrogen-bond acceptors (Lipinski definition) is 5. The molecule has 0 radical (unpaired) electrons. The summed E-state index contributed by atoms with van der Waals surface area (Å²) in [6.45, 7) is 5.35. The average molecular weight is 466 g/mol. The van der Waals surface area contributed by atoms with Crippen molar-refractivity contribution in [3.63, 3.8) is 0 Å². The standard InChI is InChI=1S/C25H31N5O2S/c1-16-5-7-17(8-6-16)29-22-10-9-18(33(27,32)25(2,3)15-26)13-20(22)21-14-30(4)24(31)23-19(21)11-12-28-23/h9-14,16-17,27-29H,5-8H2,1-4H3. The van der Waals surface area contributed by atoms with Gasteiger partial charge in [0.1, 0.15) is 10.3 Å². The number of aryl methyl sites for hydroxylation is 1. The van der Waals surface area contributed by atoms with Gasteiger partial charge in [0.15, 0.2) is 0 Å². The van der Waals surface area contributed by atoms with Gasteiger partial charge in [-0.15, -0.1) is 0 Å². The van der Waals surface area contributed by atoms with Crippen molar-refractivity contribution in [1.82, 2.24) is 9.55 Å². The van der Waals surface area contributed by atoms with E-state index in [1.165, 1.54) is 31.3 Å². The normalized spacial score (nSPS) is 20.8. The van der Waals surface area contributed by atoms with Crippen molar-refractivity contribution in [3.8, 4) is 17.2 Å². The fourth-order valence-corrected chi connectivity index (χ4v) is 5.78. The maximum Gasteiger partial charge on any atom is 0.274 e. The largest absolute Gasteiger partial charge is 0.382 e. The Bertz CT molecular complexity index is 1400. The van der Waals surface area contributed by atoms with Gasteiger partial charge in [-0.2, -0.15) is 5.26 Å². The lowest BCUT2D eigenvalue weighted by Crippen LogP contribution is -2.29. The monoisotopic (exact) mass is 465 g/mol. The van der Waals surface area contributed by atoms with Gasteiger partial charge in [-0.1, -0.05) is 6.92 Å². The first kappa shape index (κ1) is 23.1. The Morgan fingerprint density at radius 1 is 1.21 bits per heavy atom. The Morgan fingerprint density at radius 2 is 1.91 bits per heavy atom. The molecule has 33 heavy (non-hydrogen) atoms. The number of nitrogens with one attached hydrogen (secondary N) is 3. The molecule has 0 spiro atoms. The number of nitriles is 1. The lowest BCUT2D eigenvalue weighted by molar-refractivity contribution is 0.361. The van der Waals surface area contributed by atoms with Crippen LogP contribution in [0.5, 0.6) is 0 Å². The summed E-state index contributed by atoms with van der Waals surface area (Å²) in [6.07, 6.45) is 8.01. The molecule has 8 heteroatoms. The molecule has 1 aromatic carbocycles. The molecule has 174 valence electrons. The Morgan fingerprint density at radius 3 is 2.58 bits per heavy atom. The molecule has 3 aromatic rings. The molecule has 0 amide bonds. The van der Waals surface area contributed by atoms with Gasteiger partial charge >= 0.3 is 0 Å². The molecule has 1 fully saturated rings. The maximum absolute atomic E-state index is 13.5. The quantitative estimate of drug-likeness (QED) is 0.478. The van der Waals surface area contributed by atoms with E-state index in [2.05, 4.69) is 17.2 Å². The second-order valence-corrected chi connectivity index (χ2v) is 12.3. The van der Waals surface area contributed by atoms with E-state index in [1.807, 2.05) is 18.2 Å². The van der Waals surface area contributed by atoms with E-state index < -0.39 is 14.5 Å². The van der Waals surface area contributed by atoms with Crippen LogP contribution in [0, 0.1) is 22.0 Å². The average Bonchev–Trinajstić information content (AvgIpc) is 3.28. The number of pyridine rings is 1. The highest BCUT2D eigenvalue weighted by Gasteiger charge is 2.33. The van der Waals surface area contributed by atoms with Crippen molar-refractivity contribution >= 4 is 26.3 Å². The summed E-state index contributed by atoms with van der Waals surface area (Å²) in [4.78, 5) is 15.9. The first-order chi connectivity index (χ1) is 15.5. The summed E-state index contributed by atoms with van der Waals surface area (Å²) < 4.78 is 22.3. The molecule has 1 saturated carbocycles. The van der Waals surface area contributed by atoms with Gasteiger partial charge in [0.05, 0.1) is 15.8 Å². The van der Waals surface area contributed by atoms with Crippen LogP contribution in [0.4, 0.5) is 5.69 Å². The molecule has 2 heterocycles. The van der Waals surface area contributed by atoms with Crippen LogP contribution < -0.4 is 10.9 Å². The van der Waals surface area contributed by atoms with Gasteiger partial charge in [0, 0.05) is 52.6 Å². The molecule has 3 N–H and O–H groups in total. The van der Waals surface area contributed by atoms with Gasteiger partial charge < -0.3 is 14.9 Å². The minimum Gasteiger partial charge on any atom is -0.382 e. The third-order valence-electron chi connectivity index (χ3n) is 6.87. The minimum atomic E-state index is -3.40. The lowest BCUT2D eigenvalue weighted by Gasteiger charge is -2.29. The predicted molar refractivity (Wildman–Crippen MR) is 133 cm³/mol. The molecule has 7 nitrogen and oxygen atoms in total. The van der Waals surface area contributed by atoms with Crippen LogP contribution in [0.2, 0.25) is 0 Å². The molecule has 1 aliphatic rings. The number of H-pyrrole nitrogens is 1. The number of hydrogen-bond donors (Lipinski definition) is 3. The van der Waals surface area contributed by atoms with Crippen molar-refractivity contribution in [3.05, 3.63) is 47.0 Å². The molecule has 0 saturated heterocycles. The molecule has 2 aromatic heterocycles. The topological polar surface area (TPSA) is 115 Å². The van der Waals surface area contributed by atoms with E-state index in [1.54, 1.807) is 31.6 Å². The van der Waals surface area contributed by atoms with Crippen LogP contribution >= 0.6 is 0 Å². The van der Waals surface area contributed by atoms with Gasteiger partial charge in [0.2, 0.25) is 0 Å². The second kappa shape index (κ2) is 8.38. The van der Waals surface area contributed by atoms with Crippen LogP contribution in [0.3, 0.4) is 0 Å². The maximum atomic E-state index is 13.5. The molecule has 1 unspecified atom stereocenters. The number of aromatic amines is 1. The summed E-state index contributed by atoms with van der Waals surface area (Å²) in [7, 11) is -1.69. The number of fused-ring (bicyclic) bond motifs is 1. The van der Waals surface area contributed by atoms with Crippen molar-refractivity contribution in [2.75, 3.05) is 5.32 Å². The molecule has 1 aliphatic carbocycles. The van der Waals surface area contributed by atoms with Crippen LogP contribution in [0.15, 0.2) is 46.3 Å². The van der Waals surface area contributed by atoms with Crippen molar-refractivity contribution in [2.24, 2.45) is 13.0 Å². The Labute approximate surface area is 194 Å². The van der Waals surface area contributed by atoms with Gasteiger partial charge in [0.25, 0.3) is 5.56 Å². The first-order valence-corrected chi connectivity index (χ1v) is 12.9. The predicted octanol–water partition coefficient (Wildman–Crippen LogP) is 5.23. The summed E-state index contributed by atoms with van der Waals surface area (Å²) in [5.74, 6) is 0.731. The Balaban J connectivity index is 1.91. The van der Waals surface area contributed by atoms with Gasteiger partial charge in [-0.05, 0) is 69.7 Å². The SMILES string of the molecule is CC1CCC(Nc2ccc(S(=N)(=O)C(C)(C)C#N)cc2-c2cn(C)c(=O)c3[nH]ccc23)CC1. The summed E-state index contributed by atoms with van der Waals surface area (Å²) in [5.41, 5.74) is 2.85. The Kier molecular flexibility index (Phi) is 5.87. The molecule has 0 bridgehead atoms. The Hall–Kier alpha value is -3.05. The molecule has 0 aliphatic heterocycles. The highest BCUT2D eigenvalue weighted by Crippen LogP contribution is 2.38. The van der Waals surface area contributed by atoms with Crippen LogP contribution in [0.25, 0.3) is 22.0 Å². The van der Waals surface area contributed by atoms with Crippen molar-refractivity contribution < 1.29 is 4.21 Å². The zero-order valence-electron chi connectivity index (χ0n) is 19.6. The number of rotatable bonds is 5. The number of anilines is 1. The summed E-state index contributed by atoms with van der Waals surface area (Å²) in [6, 6.07) is 9.55. The zero-order valence-corrected chi connectivity index (χ0v) is 20.4. The molecule has 1 atom stereocenters. The zero-order chi connectivity index (χ0) is 24.0. The van der Waals surface area contributed by atoms with E-state index in [9.17, 15) is 14.3 Å². The number of nitrogens with zero attached hydrogens (tertiary/aromatic N) is 2. The van der Waals surface area contributed by atoms with Gasteiger partial charge in [-0.3, -0.25) is 4.79 Å².